The molecule has 34 heavy (non-hydrogen) atoms. The van der Waals surface area contributed by atoms with Crippen LogP contribution in [0, 0.1) is 26.0 Å². The Morgan fingerprint density at radius 2 is 1.50 bits per heavy atom. The number of nitro benzene ring substituents is 2. The van der Waals surface area contributed by atoms with E-state index in [9.17, 15) is 37.8 Å². The van der Waals surface area contributed by atoms with Crippen LogP contribution in [-0.4, -0.2) is 30.4 Å². The van der Waals surface area contributed by atoms with Gasteiger partial charge in [0.05, 0.1) is 27.7 Å². The van der Waals surface area contributed by atoms with Crippen molar-refractivity contribution in [3.63, 3.8) is 0 Å². The van der Waals surface area contributed by atoms with E-state index in [0.29, 0.717) is 5.56 Å². The van der Waals surface area contributed by atoms with Crippen molar-refractivity contribution >= 4 is 33.6 Å². The first-order chi connectivity index (χ1) is 16.0. The highest BCUT2D eigenvalue weighted by Gasteiger charge is 2.20. The van der Waals surface area contributed by atoms with Crippen LogP contribution in [0.1, 0.15) is 15.9 Å². The molecule has 0 bridgehead atoms. The Balaban J connectivity index is 1.67. The average Bonchev–Trinajstić information content (AvgIpc) is 2.79. The Kier molecular flexibility index (Phi) is 6.92. The second-order valence-electron chi connectivity index (χ2n) is 6.51. The predicted molar refractivity (Wildman–Crippen MR) is 115 cm³/mol. The van der Waals surface area contributed by atoms with Crippen LogP contribution in [0.3, 0.4) is 0 Å². The Hall–Kier alpha value is -4.72. The molecular formula is C20H13FN4O8S. The van der Waals surface area contributed by atoms with Gasteiger partial charge in [-0.3, -0.25) is 25.0 Å². The highest BCUT2D eigenvalue weighted by atomic mass is 32.2. The lowest BCUT2D eigenvalue weighted by atomic mass is 10.1. The lowest BCUT2D eigenvalue weighted by Gasteiger charge is -2.07. The Bertz CT molecular complexity index is 1360. The molecule has 0 unspecified atom stereocenters. The predicted octanol–water partition coefficient (Wildman–Crippen LogP) is 3.17. The van der Waals surface area contributed by atoms with Gasteiger partial charge in [0.1, 0.15) is 16.5 Å². The molecule has 0 fully saturated rings. The number of carbonyl (C=O) groups is 1. The number of nitrogens with zero attached hydrogens (tertiary/aromatic N) is 3. The molecule has 0 heterocycles. The molecule has 0 aromatic heterocycles. The number of hydrazone groups is 1. The maximum absolute atomic E-state index is 13.0. The van der Waals surface area contributed by atoms with Crippen LogP contribution >= 0.6 is 0 Å². The number of halogens is 1. The number of hydrogen-bond donors (Lipinski definition) is 1. The van der Waals surface area contributed by atoms with Gasteiger partial charge in [-0.15, -0.1) is 0 Å². The van der Waals surface area contributed by atoms with Crippen LogP contribution in [0.25, 0.3) is 0 Å². The summed E-state index contributed by atoms with van der Waals surface area (Å²) in [7, 11) is -4.17. The summed E-state index contributed by atoms with van der Waals surface area (Å²) >= 11 is 0. The lowest BCUT2D eigenvalue weighted by molar-refractivity contribution is -0.394. The van der Waals surface area contributed by atoms with E-state index in [1.807, 2.05) is 0 Å². The smallest absolute Gasteiger partial charge is 0.339 e. The van der Waals surface area contributed by atoms with Crippen molar-refractivity contribution in [2.75, 3.05) is 0 Å². The number of carbonyl (C=O) groups excluding carboxylic acids is 1. The van der Waals surface area contributed by atoms with Crippen molar-refractivity contribution in [3.8, 4) is 5.75 Å². The minimum atomic E-state index is -4.17. The second kappa shape index (κ2) is 9.83. The third kappa shape index (κ3) is 5.95. The zero-order chi connectivity index (χ0) is 24.9. The van der Waals surface area contributed by atoms with Gasteiger partial charge in [0.15, 0.2) is 0 Å². The molecule has 1 amide bonds. The van der Waals surface area contributed by atoms with Gasteiger partial charge in [0, 0.05) is 12.1 Å². The molecule has 0 aliphatic heterocycles. The normalized spacial score (nSPS) is 11.2. The molecule has 0 aliphatic rings. The van der Waals surface area contributed by atoms with Crippen molar-refractivity contribution in [2.24, 2.45) is 5.10 Å². The quantitative estimate of drug-likeness (QED) is 0.218. The highest BCUT2D eigenvalue weighted by Crippen LogP contribution is 2.23. The molecule has 0 radical (unpaired) electrons. The molecule has 174 valence electrons. The first kappa shape index (κ1) is 23.9. The summed E-state index contributed by atoms with van der Waals surface area (Å²) in [6.45, 7) is 0. The van der Waals surface area contributed by atoms with E-state index in [-0.39, 0.29) is 16.2 Å². The topological polar surface area (TPSA) is 171 Å². The summed E-state index contributed by atoms with van der Waals surface area (Å²) in [5, 5.41) is 25.5. The molecule has 0 aliphatic carbocycles. The maximum Gasteiger partial charge on any atom is 0.339 e. The average molecular weight is 488 g/mol. The van der Waals surface area contributed by atoms with E-state index < -0.39 is 43.1 Å². The van der Waals surface area contributed by atoms with Gasteiger partial charge < -0.3 is 4.18 Å². The first-order valence-corrected chi connectivity index (χ1v) is 10.5. The van der Waals surface area contributed by atoms with E-state index in [1.54, 1.807) is 0 Å². The van der Waals surface area contributed by atoms with Crippen molar-refractivity contribution in [2.45, 2.75) is 4.90 Å². The van der Waals surface area contributed by atoms with Crippen LogP contribution in [0.4, 0.5) is 15.8 Å². The van der Waals surface area contributed by atoms with Crippen LogP contribution in [0.15, 0.2) is 76.7 Å². The minimum Gasteiger partial charge on any atom is -0.379 e. The fourth-order valence-corrected chi connectivity index (χ4v) is 3.48. The first-order valence-electron chi connectivity index (χ1n) is 9.12. The molecule has 3 rings (SSSR count). The molecule has 0 saturated heterocycles. The Morgan fingerprint density at radius 3 is 2.03 bits per heavy atom. The molecule has 0 atom stereocenters. The van der Waals surface area contributed by atoms with Crippen LogP contribution in [-0.2, 0) is 10.1 Å². The van der Waals surface area contributed by atoms with Gasteiger partial charge >= 0.3 is 10.1 Å². The number of nitrogens with one attached hydrogen (secondary N) is 1. The number of benzene rings is 3. The molecule has 12 nitrogen and oxygen atoms in total. The van der Waals surface area contributed by atoms with Crippen molar-refractivity contribution in [3.05, 3.63) is 104 Å². The zero-order valence-electron chi connectivity index (χ0n) is 16.8. The summed E-state index contributed by atoms with van der Waals surface area (Å²) in [5.41, 5.74) is 0.900. The highest BCUT2D eigenvalue weighted by molar-refractivity contribution is 7.87. The fourth-order valence-electron chi connectivity index (χ4n) is 2.55. The number of amides is 1. The van der Waals surface area contributed by atoms with Crippen LogP contribution in [0.2, 0.25) is 0 Å². The van der Waals surface area contributed by atoms with E-state index in [2.05, 4.69) is 10.5 Å². The van der Waals surface area contributed by atoms with E-state index in [1.165, 1.54) is 30.5 Å². The molecule has 3 aromatic rings. The van der Waals surface area contributed by atoms with Gasteiger partial charge in [0.25, 0.3) is 17.3 Å². The van der Waals surface area contributed by atoms with Gasteiger partial charge in [-0.05, 0) is 54.1 Å². The second-order valence-corrected chi connectivity index (χ2v) is 8.06. The summed E-state index contributed by atoms with van der Waals surface area (Å²) in [5.74, 6) is -1.55. The third-order valence-electron chi connectivity index (χ3n) is 4.15. The van der Waals surface area contributed by atoms with Gasteiger partial charge in [0.2, 0.25) is 0 Å². The Morgan fingerprint density at radius 1 is 0.941 bits per heavy atom. The van der Waals surface area contributed by atoms with Crippen molar-refractivity contribution in [1.29, 1.82) is 0 Å². The molecular weight excluding hydrogens is 475 g/mol. The van der Waals surface area contributed by atoms with Crippen LogP contribution < -0.4 is 9.61 Å². The SMILES string of the molecule is O=C(NN=Cc1ccc(OS(=O)(=O)c2ccc(F)cc2)cc1)c1cc([N+](=O)[O-])cc([N+](=O)[O-])c1. The number of rotatable bonds is 8. The fraction of sp³-hybridized carbons (Fsp3) is 0. The van der Waals surface area contributed by atoms with E-state index in [0.717, 1.165) is 42.5 Å². The van der Waals surface area contributed by atoms with E-state index >= 15 is 0 Å². The number of hydrogen-bond acceptors (Lipinski definition) is 9. The minimum absolute atomic E-state index is 0.0329. The zero-order valence-corrected chi connectivity index (χ0v) is 17.6. The molecule has 0 saturated carbocycles. The van der Waals surface area contributed by atoms with Gasteiger partial charge in [-0.25, -0.2) is 9.82 Å². The van der Waals surface area contributed by atoms with Gasteiger partial charge in [-0.2, -0.15) is 13.5 Å². The molecule has 0 spiro atoms. The molecule has 1 N–H and O–H groups in total. The standard InChI is InChI=1S/C20H13FN4O8S/c21-15-3-7-19(8-4-15)34(31,32)33-18-5-1-13(2-6-18)12-22-23-20(26)14-9-16(24(27)28)11-17(10-14)25(29)30/h1-12H,(H,23,26). The monoisotopic (exact) mass is 488 g/mol. The largest absolute Gasteiger partial charge is 0.379 e. The summed E-state index contributed by atoms with van der Waals surface area (Å²) in [4.78, 5) is 32.0. The van der Waals surface area contributed by atoms with Crippen molar-refractivity contribution < 1.29 is 31.6 Å². The van der Waals surface area contributed by atoms with Crippen LogP contribution in [0.5, 0.6) is 5.75 Å². The number of non-ortho nitro benzene ring substituents is 2. The lowest BCUT2D eigenvalue weighted by Crippen LogP contribution is -2.18. The summed E-state index contributed by atoms with van der Waals surface area (Å²) < 4.78 is 42.4. The Labute approximate surface area is 190 Å². The summed E-state index contributed by atoms with van der Waals surface area (Å²) in [6.07, 6.45) is 1.18. The molecule has 3 aromatic carbocycles. The third-order valence-corrected chi connectivity index (χ3v) is 5.42. The maximum atomic E-state index is 13.0. The summed E-state index contributed by atoms with van der Waals surface area (Å²) in [6, 6.07) is 12.0. The molecule has 14 heteroatoms. The van der Waals surface area contributed by atoms with Gasteiger partial charge in [-0.1, -0.05) is 0 Å². The van der Waals surface area contributed by atoms with Crippen molar-refractivity contribution in [1.82, 2.24) is 5.43 Å². The van der Waals surface area contributed by atoms with E-state index in [4.69, 9.17) is 4.18 Å². The number of nitro groups is 2.